The van der Waals surface area contributed by atoms with Crippen molar-refractivity contribution in [2.75, 3.05) is 25.0 Å². The van der Waals surface area contributed by atoms with Gasteiger partial charge >= 0.3 is 0 Å². The van der Waals surface area contributed by atoms with Crippen LogP contribution in [0, 0.1) is 17.7 Å². The van der Waals surface area contributed by atoms with Crippen molar-refractivity contribution in [3.8, 4) is 11.5 Å². The molecule has 2 aromatic heterocycles. The number of fused-ring (bicyclic) bond motifs is 1. The third-order valence-electron chi connectivity index (χ3n) is 7.47. The summed E-state index contributed by atoms with van der Waals surface area (Å²) in [5.41, 5.74) is 3.84. The Morgan fingerprint density at radius 1 is 1.07 bits per heavy atom. The SMILES string of the molecule is CC1CC(C)CN(CC(=O)Cc2cc(Oc3ccc4c(c3)nc(Nc3ccc(F)c(C(C)C)c3)n4C)ccn2)C1. The van der Waals surface area contributed by atoms with E-state index in [1.807, 2.05) is 55.8 Å². The number of piperidine rings is 1. The minimum absolute atomic E-state index is 0.0797. The molecule has 0 spiro atoms. The van der Waals surface area contributed by atoms with Gasteiger partial charge in [0.1, 0.15) is 17.3 Å². The highest BCUT2D eigenvalue weighted by molar-refractivity contribution is 5.83. The Morgan fingerprint density at radius 3 is 2.58 bits per heavy atom. The van der Waals surface area contributed by atoms with Gasteiger partial charge in [-0.15, -0.1) is 0 Å². The molecular weight excluding hydrogens is 505 g/mol. The zero-order valence-corrected chi connectivity index (χ0v) is 23.9. The number of rotatable bonds is 9. The number of hydrogen-bond donors (Lipinski definition) is 1. The maximum absolute atomic E-state index is 14.2. The van der Waals surface area contributed by atoms with E-state index in [4.69, 9.17) is 9.72 Å². The summed E-state index contributed by atoms with van der Waals surface area (Å²) in [7, 11) is 1.93. The van der Waals surface area contributed by atoms with Gasteiger partial charge in [0.15, 0.2) is 5.78 Å². The largest absolute Gasteiger partial charge is 0.457 e. The smallest absolute Gasteiger partial charge is 0.208 e. The van der Waals surface area contributed by atoms with Gasteiger partial charge in [-0.05, 0) is 66.1 Å². The second-order valence-electron chi connectivity index (χ2n) is 11.6. The van der Waals surface area contributed by atoms with Crippen molar-refractivity contribution in [2.24, 2.45) is 18.9 Å². The lowest BCUT2D eigenvalue weighted by molar-refractivity contribution is -0.120. The number of ether oxygens (including phenoxy) is 1. The van der Waals surface area contributed by atoms with Crippen LogP contribution in [0.1, 0.15) is 51.3 Å². The number of ketones is 1. The Hall–Kier alpha value is -3.78. The molecule has 8 heteroatoms. The number of pyridine rings is 1. The predicted octanol–water partition coefficient (Wildman–Crippen LogP) is 6.86. The number of aryl methyl sites for hydroxylation is 1. The molecule has 1 fully saturated rings. The van der Waals surface area contributed by atoms with Crippen LogP contribution in [0.5, 0.6) is 11.5 Å². The molecule has 0 radical (unpaired) electrons. The number of nitrogens with zero attached hydrogens (tertiary/aromatic N) is 4. The molecule has 0 aliphatic carbocycles. The summed E-state index contributed by atoms with van der Waals surface area (Å²) in [6, 6.07) is 14.4. The van der Waals surface area contributed by atoms with Gasteiger partial charge in [0, 0.05) is 44.2 Å². The first-order valence-electron chi connectivity index (χ1n) is 14.0. The number of nitrogens with one attached hydrogen (secondary N) is 1. The molecule has 2 aromatic carbocycles. The second kappa shape index (κ2) is 11.8. The topological polar surface area (TPSA) is 72.3 Å². The van der Waals surface area contributed by atoms with E-state index in [1.54, 1.807) is 18.3 Å². The van der Waals surface area contributed by atoms with Gasteiger partial charge in [0.2, 0.25) is 5.95 Å². The van der Waals surface area contributed by atoms with Gasteiger partial charge in [0.05, 0.1) is 29.7 Å². The van der Waals surface area contributed by atoms with Crippen LogP contribution in [0.4, 0.5) is 16.0 Å². The summed E-state index contributed by atoms with van der Waals surface area (Å²) >= 11 is 0. The molecule has 1 aliphatic heterocycles. The highest BCUT2D eigenvalue weighted by atomic mass is 19.1. The summed E-state index contributed by atoms with van der Waals surface area (Å²) in [5.74, 6) is 3.20. The van der Waals surface area contributed by atoms with E-state index >= 15 is 0 Å². The van der Waals surface area contributed by atoms with Crippen LogP contribution in [0.25, 0.3) is 11.0 Å². The van der Waals surface area contributed by atoms with Gasteiger partial charge in [-0.2, -0.15) is 0 Å². The molecule has 1 N–H and O–H groups in total. The highest BCUT2D eigenvalue weighted by Gasteiger charge is 2.23. The first kappa shape index (κ1) is 27.8. The summed E-state index contributed by atoms with van der Waals surface area (Å²) in [5, 5.41) is 3.31. The van der Waals surface area contributed by atoms with Crippen LogP contribution in [-0.4, -0.2) is 44.9 Å². The van der Waals surface area contributed by atoms with Gasteiger partial charge in [0.25, 0.3) is 0 Å². The van der Waals surface area contributed by atoms with Crippen molar-refractivity contribution in [2.45, 2.75) is 46.5 Å². The first-order valence-corrected chi connectivity index (χ1v) is 14.0. The first-order chi connectivity index (χ1) is 19.1. The molecule has 7 nitrogen and oxygen atoms in total. The van der Waals surface area contributed by atoms with E-state index in [0.717, 1.165) is 29.8 Å². The normalized spacial score (nSPS) is 17.9. The monoisotopic (exact) mass is 543 g/mol. The van der Waals surface area contributed by atoms with E-state index in [9.17, 15) is 9.18 Å². The van der Waals surface area contributed by atoms with Crippen LogP contribution in [-0.2, 0) is 18.3 Å². The lowest BCUT2D eigenvalue weighted by Crippen LogP contribution is -2.41. The van der Waals surface area contributed by atoms with Gasteiger partial charge in [-0.1, -0.05) is 27.7 Å². The van der Waals surface area contributed by atoms with E-state index in [-0.39, 0.29) is 23.9 Å². The summed E-state index contributed by atoms with van der Waals surface area (Å²) in [6.45, 7) is 10.9. The third kappa shape index (κ3) is 6.50. The van der Waals surface area contributed by atoms with Gasteiger partial charge in [-0.3, -0.25) is 14.7 Å². The number of benzene rings is 2. The number of carbonyl (C=O) groups is 1. The average molecular weight is 544 g/mol. The Morgan fingerprint density at radius 2 is 1.82 bits per heavy atom. The number of anilines is 2. The number of halogens is 1. The van der Waals surface area contributed by atoms with E-state index in [0.29, 0.717) is 47.1 Å². The minimum atomic E-state index is -0.206. The third-order valence-corrected chi connectivity index (χ3v) is 7.47. The highest BCUT2D eigenvalue weighted by Crippen LogP contribution is 2.30. The minimum Gasteiger partial charge on any atom is -0.457 e. The number of aromatic nitrogens is 3. The Kier molecular flexibility index (Phi) is 8.17. The zero-order chi connectivity index (χ0) is 28.4. The fraction of sp³-hybridized carbons (Fsp3) is 0.406. The van der Waals surface area contributed by atoms with Crippen molar-refractivity contribution in [3.05, 3.63) is 71.8 Å². The van der Waals surface area contributed by atoms with Gasteiger partial charge in [-0.25, -0.2) is 9.37 Å². The van der Waals surface area contributed by atoms with Crippen LogP contribution in [0.15, 0.2) is 54.7 Å². The molecule has 1 aliphatic rings. The molecule has 1 saturated heterocycles. The molecule has 0 bridgehead atoms. The van der Waals surface area contributed by atoms with Gasteiger partial charge < -0.3 is 14.6 Å². The Labute approximate surface area is 235 Å². The Balaban J connectivity index is 1.26. The van der Waals surface area contributed by atoms with E-state index < -0.39 is 0 Å². The van der Waals surface area contributed by atoms with Crippen LogP contribution >= 0.6 is 0 Å². The maximum Gasteiger partial charge on any atom is 0.208 e. The lowest BCUT2D eigenvalue weighted by atomic mass is 9.92. The molecule has 40 heavy (non-hydrogen) atoms. The Bertz CT molecular complexity index is 1500. The predicted molar refractivity (Wildman–Crippen MR) is 157 cm³/mol. The van der Waals surface area contributed by atoms with Crippen molar-refractivity contribution >= 4 is 28.5 Å². The number of hydrogen-bond acceptors (Lipinski definition) is 6. The number of imidazole rings is 1. The quantitative estimate of drug-likeness (QED) is 0.249. The molecule has 5 rings (SSSR count). The zero-order valence-electron chi connectivity index (χ0n) is 23.9. The molecule has 0 saturated carbocycles. The fourth-order valence-corrected chi connectivity index (χ4v) is 5.73. The van der Waals surface area contributed by atoms with E-state index in [2.05, 4.69) is 29.0 Å². The number of carbonyl (C=O) groups excluding carboxylic acids is 1. The van der Waals surface area contributed by atoms with Crippen LogP contribution < -0.4 is 10.1 Å². The molecule has 3 heterocycles. The molecule has 2 atom stereocenters. The molecular formula is C32H38FN5O2. The summed E-state index contributed by atoms with van der Waals surface area (Å²) in [6.07, 6.45) is 3.19. The number of Topliss-reactive ketones (excluding diaryl/α,β-unsaturated/α-hetero) is 1. The standard InChI is InChI=1S/C32H38FN5O2/c1-20(2)28-15-23(6-8-29(28)33)35-32-36-30-16-26(7-9-31(30)37(32)5)40-27-10-11-34-24(14-27)13-25(39)19-38-17-21(3)12-22(4)18-38/h6-11,14-16,20-22H,12-13,17-19H2,1-5H3,(H,35,36). The molecule has 2 unspecified atom stereocenters. The van der Waals surface area contributed by atoms with Crippen molar-refractivity contribution < 1.29 is 13.9 Å². The second-order valence-corrected chi connectivity index (χ2v) is 11.6. The summed E-state index contributed by atoms with van der Waals surface area (Å²) in [4.78, 5) is 24.2. The van der Waals surface area contributed by atoms with Crippen LogP contribution in [0.3, 0.4) is 0 Å². The molecule has 210 valence electrons. The average Bonchev–Trinajstić information content (AvgIpc) is 3.18. The van der Waals surface area contributed by atoms with E-state index in [1.165, 1.54) is 12.5 Å². The van der Waals surface area contributed by atoms with Crippen molar-refractivity contribution in [1.29, 1.82) is 0 Å². The van der Waals surface area contributed by atoms with Crippen molar-refractivity contribution in [3.63, 3.8) is 0 Å². The van der Waals surface area contributed by atoms with Crippen molar-refractivity contribution in [1.82, 2.24) is 19.4 Å². The molecule has 0 amide bonds. The fourth-order valence-electron chi connectivity index (χ4n) is 5.73. The summed E-state index contributed by atoms with van der Waals surface area (Å²) < 4.78 is 22.2. The molecule has 4 aromatic rings. The maximum atomic E-state index is 14.2. The number of likely N-dealkylation sites (tertiary alicyclic amines) is 1. The lowest BCUT2D eigenvalue weighted by Gasteiger charge is -2.34. The van der Waals surface area contributed by atoms with Crippen LogP contribution in [0.2, 0.25) is 0 Å².